The van der Waals surface area contributed by atoms with E-state index in [9.17, 15) is 9.59 Å². The zero-order valence-corrected chi connectivity index (χ0v) is 12.3. The van der Waals surface area contributed by atoms with Gasteiger partial charge >= 0.3 is 0 Å². The number of carbonyl (C=O) groups excluding carboxylic acids is 2. The van der Waals surface area contributed by atoms with Gasteiger partial charge in [0.05, 0.1) is 6.04 Å². The molecule has 0 spiro atoms. The van der Waals surface area contributed by atoms with Crippen molar-refractivity contribution < 1.29 is 9.59 Å². The van der Waals surface area contributed by atoms with Gasteiger partial charge in [0.1, 0.15) is 5.71 Å². The Labute approximate surface area is 124 Å². The Morgan fingerprint density at radius 1 is 1.33 bits per heavy atom. The lowest BCUT2D eigenvalue weighted by Gasteiger charge is -2.25. The van der Waals surface area contributed by atoms with Gasteiger partial charge in [-0.25, -0.2) is 5.43 Å². The molecular weight excluding hydrogens is 268 g/mol. The summed E-state index contributed by atoms with van der Waals surface area (Å²) in [6.45, 7) is 0.489. The minimum absolute atomic E-state index is 0.0916. The van der Waals surface area contributed by atoms with Gasteiger partial charge in [0.2, 0.25) is 5.91 Å². The van der Waals surface area contributed by atoms with Crippen molar-refractivity contribution in [2.75, 3.05) is 20.6 Å². The van der Waals surface area contributed by atoms with E-state index in [-0.39, 0.29) is 17.9 Å². The average Bonchev–Trinajstić information content (AvgIpc) is 2.48. The molecule has 0 fully saturated rings. The zero-order valence-electron chi connectivity index (χ0n) is 12.3. The molecule has 1 heterocycles. The summed E-state index contributed by atoms with van der Waals surface area (Å²) in [4.78, 5) is 25.1. The molecular formula is C15H20N4O2. The summed E-state index contributed by atoms with van der Waals surface area (Å²) >= 11 is 0. The van der Waals surface area contributed by atoms with E-state index in [1.807, 2.05) is 44.4 Å². The van der Waals surface area contributed by atoms with E-state index in [0.717, 1.165) is 5.56 Å². The third kappa shape index (κ3) is 4.13. The number of likely N-dealkylation sites (N-methyl/N-ethyl adjacent to an activating group) is 1. The molecule has 0 aliphatic carbocycles. The third-order valence-corrected chi connectivity index (χ3v) is 3.43. The van der Waals surface area contributed by atoms with Crippen molar-refractivity contribution in [3.05, 3.63) is 35.9 Å². The molecule has 1 aromatic rings. The van der Waals surface area contributed by atoms with E-state index in [2.05, 4.69) is 20.7 Å². The molecule has 0 aromatic heterocycles. The van der Waals surface area contributed by atoms with Gasteiger partial charge in [-0.3, -0.25) is 9.59 Å². The number of amides is 2. The van der Waals surface area contributed by atoms with Crippen molar-refractivity contribution in [1.82, 2.24) is 15.6 Å². The van der Waals surface area contributed by atoms with Crippen LogP contribution in [0.2, 0.25) is 0 Å². The molecule has 1 unspecified atom stereocenters. The van der Waals surface area contributed by atoms with Crippen LogP contribution in [0.3, 0.4) is 0 Å². The van der Waals surface area contributed by atoms with Gasteiger partial charge in [-0.15, -0.1) is 0 Å². The third-order valence-electron chi connectivity index (χ3n) is 3.43. The molecule has 2 rings (SSSR count). The van der Waals surface area contributed by atoms with Crippen molar-refractivity contribution in [3.8, 4) is 0 Å². The van der Waals surface area contributed by atoms with Gasteiger partial charge in [-0.2, -0.15) is 5.10 Å². The normalized spacial score (nSPS) is 16.1. The minimum atomic E-state index is -0.224. The molecule has 2 amide bonds. The molecule has 0 bridgehead atoms. The standard InChI is InChI=1S/C15H20N4O2/c1-19(2)13(11-6-4-3-5-7-11)10-16-15(21)12-8-9-14(20)18-17-12/h3-7,13H,8-10H2,1-2H3,(H,16,21)(H,18,20). The Bertz CT molecular complexity index is 540. The highest BCUT2D eigenvalue weighted by molar-refractivity contribution is 6.39. The average molecular weight is 288 g/mol. The van der Waals surface area contributed by atoms with Gasteiger partial charge in [-0.05, 0) is 19.7 Å². The number of hydrogen-bond donors (Lipinski definition) is 2. The molecule has 21 heavy (non-hydrogen) atoms. The first-order valence-electron chi connectivity index (χ1n) is 6.93. The van der Waals surface area contributed by atoms with Crippen molar-refractivity contribution in [2.45, 2.75) is 18.9 Å². The van der Waals surface area contributed by atoms with Crippen LogP contribution in [0.5, 0.6) is 0 Å². The van der Waals surface area contributed by atoms with Crippen LogP contribution in [-0.4, -0.2) is 43.1 Å². The summed E-state index contributed by atoms with van der Waals surface area (Å²) in [6.07, 6.45) is 0.692. The van der Waals surface area contributed by atoms with E-state index in [1.54, 1.807) is 0 Å². The minimum Gasteiger partial charge on any atom is -0.349 e. The fourth-order valence-corrected chi connectivity index (χ4v) is 2.20. The van der Waals surface area contributed by atoms with Gasteiger partial charge < -0.3 is 10.2 Å². The van der Waals surface area contributed by atoms with E-state index in [0.29, 0.717) is 25.1 Å². The van der Waals surface area contributed by atoms with Crippen molar-refractivity contribution in [2.24, 2.45) is 5.10 Å². The summed E-state index contributed by atoms with van der Waals surface area (Å²) in [5.74, 6) is -0.375. The summed E-state index contributed by atoms with van der Waals surface area (Å²) in [5.41, 5.74) is 3.85. The Balaban J connectivity index is 1.96. The lowest BCUT2D eigenvalue weighted by atomic mass is 10.1. The summed E-state index contributed by atoms with van der Waals surface area (Å²) < 4.78 is 0. The lowest BCUT2D eigenvalue weighted by molar-refractivity contribution is -0.121. The van der Waals surface area contributed by atoms with Gasteiger partial charge in [0.15, 0.2) is 0 Å². The van der Waals surface area contributed by atoms with E-state index in [1.165, 1.54) is 0 Å². The first-order chi connectivity index (χ1) is 10.1. The monoisotopic (exact) mass is 288 g/mol. The van der Waals surface area contributed by atoms with Crippen molar-refractivity contribution in [1.29, 1.82) is 0 Å². The first kappa shape index (κ1) is 15.2. The number of carbonyl (C=O) groups is 2. The topological polar surface area (TPSA) is 73.8 Å². The Morgan fingerprint density at radius 2 is 2.05 bits per heavy atom. The smallest absolute Gasteiger partial charge is 0.267 e. The van der Waals surface area contributed by atoms with Gasteiger partial charge in [-0.1, -0.05) is 30.3 Å². The maximum absolute atomic E-state index is 12.1. The largest absolute Gasteiger partial charge is 0.349 e. The number of rotatable bonds is 5. The number of hydrogen-bond acceptors (Lipinski definition) is 4. The number of benzene rings is 1. The maximum Gasteiger partial charge on any atom is 0.267 e. The summed E-state index contributed by atoms with van der Waals surface area (Å²) in [7, 11) is 3.95. The molecule has 112 valence electrons. The predicted octanol–water partition coefficient (Wildman–Crippen LogP) is 0.672. The van der Waals surface area contributed by atoms with Crippen LogP contribution >= 0.6 is 0 Å². The Hall–Kier alpha value is -2.21. The van der Waals surface area contributed by atoms with Crippen LogP contribution < -0.4 is 10.7 Å². The maximum atomic E-state index is 12.1. The van der Waals surface area contributed by atoms with Crippen molar-refractivity contribution in [3.63, 3.8) is 0 Å². The molecule has 2 N–H and O–H groups in total. The lowest BCUT2D eigenvalue weighted by Crippen LogP contribution is -2.40. The predicted molar refractivity (Wildman–Crippen MR) is 80.7 cm³/mol. The van der Waals surface area contributed by atoms with Crippen LogP contribution in [0.1, 0.15) is 24.4 Å². The molecule has 6 nitrogen and oxygen atoms in total. The Kier molecular flexibility index (Phi) is 5.05. The van der Waals surface area contributed by atoms with Crippen LogP contribution in [0.4, 0.5) is 0 Å². The van der Waals surface area contributed by atoms with E-state index in [4.69, 9.17) is 0 Å². The molecule has 1 aliphatic heterocycles. The zero-order chi connectivity index (χ0) is 15.2. The second-order valence-corrected chi connectivity index (χ2v) is 5.19. The highest BCUT2D eigenvalue weighted by atomic mass is 16.2. The first-order valence-corrected chi connectivity index (χ1v) is 6.93. The highest BCUT2D eigenvalue weighted by Crippen LogP contribution is 2.16. The van der Waals surface area contributed by atoms with Gasteiger partial charge in [0.25, 0.3) is 5.91 Å². The molecule has 1 atom stereocenters. The molecule has 1 aliphatic rings. The van der Waals surface area contributed by atoms with Gasteiger partial charge in [0, 0.05) is 19.4 Å². The number of nitrogens with one attached hydrogen (secondary N) is 2. The summed E-state index contributed by atoms with van der Waals surface area (Å²) in [6, 6.07) is 10.1. The molecule has 0 saturated heterocycles. The number of nitrogens with zero attached hydrogens (tertiary/aromatic N) is 2. The molecule has 0 saturated carbocycles. The van der Waals surface area contributed by atoms with Crippen LogP contribution in [0, 0.1) is 0 Å². The van der Waals surface area contributed by atoms with E-state index >= 15 is 0 Å². The van der Waals surface area contributed by atoms with Crippen molar-refractivity contribution >= 4 is 17.5 Å². The summed E-state index contributed by atoms with van der Waals surface area (Å²) in [5, 5.41) is 6.68. The number of hydrazone groups is 1. The van der Waals surface area contributed by atoms with E-state index < -0.39 is 0 Å². The van der Waals surface area contributed by atoms with Crippen LogP contribution in [0.15, 0.2) is 35.4 Å². The molecule has 6 heteroatoms. The SMILES string of the molecule is CN(C)C(CNC(=O)C1=NNC(=O)CC1)c1ccccc1. The second-order valence-electron chi connectivity index (χ2n) is 5.19. The quantitative estimate of drug-likeness (QED) is 0.836. The fraction of sp³-hybridized carbons (Fsp3) is 0.400. The second kappa shape index (κ2) is 6.99. The van der Waals surface area contributed by atoms with Crippen LogP contribution in [0.25, 0.3) is 0 Å². The molecule has 0 radical (unpaired) electrons. The fourth-order valence-electron chi connectivity index (χ4n) is 2.20. The Morgan fingerprint density at radius 3 is 2.62 bits per heavy atom. The van der Waals surface area contributed by atoms with Crippen LogP contribution in [-0.2, 0) is 9.59 Å². The highest BCUT2D eigenvalue weighted by Gasteiger charge is 2.20. The molecule has 1 aromatic carbocycles.